The second kappa shape index (κ2) is 6.86. The molecule has 0 aromatic carbocycles. The van der Waals surface area contributed by atoms with E-state index in [0.717, 1.165) is 29.1 Å². The fourth-order valence-corrected chi connectivity index (χ4v) is 2.84. The Morgan fingerprint density at radius 2 is 2.16 bits per heavy atom. The van der Waals surface area contributed by atoms with Crippen molar-refractivity contribution in [2.45, 2.75) is 26.3 Å². The van der Waals surface area contributed by atoms with Gasteiger partial charge >= 0.3 is 0 Å². The van der Waals surface area contributed by atoms with E-state index in [1.807, 2.05) is 0 Å². The van der Waals surface area contributed by atoms with Crippen molar-refractivity contribution in [3.63, 3.8) is 0 Å². The topological polar surface area (TPSA) is 49.8 Å². The van der Waals surface area contributed by atoms with E-state index in [-0.39, 0.29) is 6.04 Å². The third kappa shape index (κ3) is 3.67. The summed E-state index contributed by atoms with van der Waals surface area (Å²) in [6.45, 7) is 5.15. The van der Waals surface area contributed by atoms with Crippen LogP contribution in [0, 0.1) is 0 Å². The average molecular weight is 341 g/mol. The van der Waals surface area contributed by atoms with Gasteiger partial charge in [0.2, 0.25) is 0 Å². The monoisotopic (exact) mass is 340 g/mol. The first-order valence-corrected chi connectivity index (χ1v) is 7.94. The largest absolute Gasteiger partial charge is 0.369 e. The number of nitrogens with one attached hydrogen (secondary N) is 2. The maximum absolute atomic E-state index is 4.29. The third-order valence-corrected chi connectivity index (χ3v) is 4.46. The van der Waals surface area contributed by atoms with E-state index in [4.69, 9.17) is 0 Å². The minimum atomic E-state index is 0.227. The van der Waals surface area contributed by atoms with Crippen LogP contribution in [0.3, 0.4) is 0 Å². The SMILES string of the molecule is CCCNc1ncnc(NC(C)c2cccs2)c1Br. The van der Waals surface area contributed by atoms with E-state index >= 15 is 0 Å². The van der Waals surface area contributed by atoms with E-state index in [0.29, 0.717) is 0 Å². The summed E-state index contributed by atoms with van der Waals surface area (Å²) in [5, 5.41) is 8.76. The van der Waals surface area contributed by atoms with Gasteiger partial charge in [-0.2, -0.15) is 0 Å². The smallest absolute Gasteiger partial charge is 0.146 e. The van der Waals surface area contributed by atoms with Crippen LogP contribution in [0.25, 0.3) is 0 Å². The maximum atomic E-state index is 4.29. The standard InChI is InChI=1S/C13H17BrN4S/c1-3-6-15-12-11(14)13(17-8-16-12)18-9(2)10-5-4-7-19-10/h4-5,7-9H,3,6H2,1-2H3,(H2,15,16,17,18). The Labute approximate surface area is 125 Å². The predicted octanol–water partition coefficient (Wildman–Crippen LogP) is 4.30. The van der Waals surface area contributed by atoms with Crippen LogP contribution in [0.2, 0.25) is 0 Å². The third-order valence-electron chi connectivity index (χ3n) is 2.66. The minimum absolute atomic E-state index is 0.227. The molecule has 0 aliphatic carbocycles. The molecule has 4 nitrogen and oxygen atoms in total. The normalized spacial score (nSPS) is 12.2. The Morgan fingerprint density at radius 3 is 2.84 bits per heavy atom. The Kier molecular flexibility index (Phi) is 5.15. The zero-order valence-corrected chi connectivity index (χ0v) is 13.4. The van der Waals surface area contributed by atoms with E-state index in [2.05, 4.69) is 67.9 Å². The van der Waals surface area contributed by atoms with E-state index < -0.39 is 0 Å². The van der Waals surface area contributed by atoms with Crippen molar-refractivity contribution in [1.82, 2.24) is 9.97 Å². The highest BCUT2D eigenvalue weighted by molar-refractivity contribution is 9.10. The lowest BCUT2D eigenvalue weighted by Crippen LogP contribution is -2.10. The Morgan fingerprint density at radius 1 is 1.37 bits per heavy atom. The zero-order valence-electron chi connectivity index (χ0n) is 11.0. The molecule has 102 valence electrons. The molecule has 2 heterocycles. The predicted molar refractivity (Wildman–Crippen MR) is 84.9 cm³/mol. The molecule has 1 unspecified atom stereocenters. The Balaban J connectivity index is 2.12. The summed E-state index contributed by atoms with van der Waals surface area (Å²) in [5.41, 5.74) is 0. The molecule has 0 spiro atoms. The molecule has 0 saturated heterocycles. The highest BCUT2D eigenvalue weighted by Gasteiger charge is 2.12. The summed E-state index contributed by atoms with van der Waals surface area (Å²) in [4.78, 5) is 9.82. The molecule has 0 aliphatic rings. The van der Waals surface area contributed by atoms with Gasteiger partial charge in [0.15, 0.2) is 0 Å². The second-order valence-electron chi connectivity index (χ2n) is 4.19. The fourth-order valence-electron chi connectivity index (χ4n) is 1.65. The Hall–Kier alpha value is -1.14. The number of thiophene rings is 1. The van der Waals surface area contributed by atoms with Gasteiger partial charge in [0, 0.05) is 11.4 Å². The first-order valence-electron chi connectivity index (χ1n) is 6.26. The van der Waals surface area contributed by atoms with Crippen molar-refractivity contribution in [3.05, 3.63) is 33.2 Å². The molecule has 0 saturated carbocycles. The number of rotatable bonds is 6. The quantitative estimate of drug-likeness (QED) is 0.823. The molecule has 0 fully saturated rings. The van der Waals surface area contributed by atoms with Crippen LogP contribution in [-0.2, 0) is 0 Å². The molecular weight excluding hydrogens is 324 g/mol. The van der Waals surface area contributed by atoms with Crippen LogP contribution in [0.1, 0.15) is 31.2 Å². The van der Waals surface area contributed by atoms with E-state index in [1.54, 1.807) is 17.7 Å². The van der Waals surface area contributed by atoms with Gasteiger partial charge in [-0.1, -0.05) is 13.0 Å². The summed E-state index contributed by atoms with van der Waals surface area (Å²) in [7, 11) is 0. The molecule has 1 atom stereocenters. The lowest BCUT2D eigenvalue weighted by molar-refractivity contribution is 0.888. The lowest BCUT2D eigenvalue weighted by atomic mass is 10.3. The van der Waals surface area contributed by atoms with Gasteiger partial charge in [-0.25, -0.2) is 9.97 Å². The van der Waals surface area contributed by atoms with Gasteiger partial charge in [0.05, 0.1) is 6.04 Å². The molecule has 19 heavy (non-hydrogen) atoms. The van der Waals surface area contributed by atoms with E-state index in [1.165, 1.54) is 4.88 Å². The van der Waals surface area contributed by atoms with Gasteiger partial charge in [-0.15, -0.1) is 11.3 Å². The van der Waals surface area contributed by atoms with Crippen molar-refractivity contribution in [2.24, 2.45) is 0 Å². The first kappa shape index (κ1) is 14.3. The van der Waals surface area contributed by atoms with E-state index in [9.17, 15) is 0 Å². The van der Waals surface area contributed by atoms with Crippen LogP contribution < -0.4 is 10.6 Å². The van der Waals surface area contributed by atoms with Crippen molar-refractivity contribution >= 4 is 38.9 Å². The minimum Gasteiger partial charge on any atom is -0.369 e. The summed E-state index contributed by atoms with van der Waals surface area (Å²) in [6, 6.07) is 4.40. The van der Waals surface area contributed by atoms with Crippen molar-refractivity contribution in [2.75, 3.05) is 17.2 Å². The molecule has 2 aromatic rings. The van der Waals surface area contributed by atoms with Crippen molar-refractivity contribution < 1.29 is 0 Å². The zero-order chi connectivity index (χ0) is 13.7. The highest BCUT2D eigenvalue weighted by Crippen LogP contribution is 2.30. The fraction of sp³-hybridized carbons (Fsp3) is 0.385. The van der Waals surface area contributed by atoms with Gasteiger partial charge in [0.25, 0.3) is 0 Å². The molecule has 6 heteroatoms. The van der Waals surface area contributed by atoms with Crippen LogP contribution in [0.4, 0.5) is 11.6 Å². The average Bonchev–Trinajstić information content (AvgIpc) is 2.94. The lowest BCUT2D eigenvalue weighted by Gasteiger charge is -2.15. The first-order chi connectivity index (χ1) is 9.22. The van der Waals surface area contributed by atoms with Crippen molar-refractivity contribution in [1.29, 1.82) is 0 Å². The van der Waals surface area contributed by atoms with Crippen LogP contribution in [0.15, 0.2) is 28.3 Å². The van der Waals surface area contributed by atoms with Crippen LogP contribution in [-0.4, -0.2) is 16.5 Å². The number of anilines is 2. The van der Waals surface area contributed by atoms with Crippen LogP contribution >= 0.6 is 27.3 Å². The molecule has 2 N–H and O–H groups in total. The van der Waals surface area contributed by atoms with Crippen LogP contribution in [0.5, 0.6) is 0 Å². The molecule has 0 bridgehead atoms. The summed E-state index contributed by atoms with van der Waals surface area (Å²) >= 11 is 5.29. The number of halogens is 1. The van der Waals surface area contributed by atoms with Gasteiger partial charge in [0.1, 0.15) is 22.4 Å². The van der Waals surface area contributed by atoms with Gasteiger partial charge in [-0.3, -0.25) is 0 Å². The molecule has 0 radical (unpaired) electrons. The molecule has 0 aliphatic heterocycles. The number of aromatic nitrogens is 2. The molecular formula is C13H17BrN4S. The maximum Gasteiger partial charge on any atom is 0.146 e. The molecule has 0 amide bonds. The summed E-state index contributed by atoms with van der Waals surface area (Å²) < 4.78 is 0.881. The number of hydrogen-bond acceptors (Lipinski definition) is 5. The van der Waals surface area contributed by atoms with Gasteiger partial charge < -0.3 is 10.6 Å². The molecule has 2 aromatic heterocycles. The summed E-state index contributed by atoms with van der Waals surface area (Å²) in [5.74, 6) is 1.65. The summed E-state index contributed by atoms with van der Waals surface area (Å²) in [6.07, 6.45) is 2.64. The Bertz CT molecular complexity index is 515. The number of nitrogens with zero attached hydrogens (tertiary/aromatic N) is 2. The molecule has 2 rings (SSSR count). The number of hydrogen-bond donors (Lipinski definition) is 2. The highest BCUT2D eigenvalue weighted by atomic mass is 79.9. The van der Waals surface area contributed by atoms with Gasteiger partial charge in [-0.05, 0) is 40.7 Å². The van der Waals surface area contributed by atoms with Crippen molar-refractivity contribution in [3.8, 4) is 0 Å². The second-order valence-corrected chi connectivity index (χ2v) is 5.97.